The van der Waals surface area contributed by atoms with E-state index in [9.17, 15) is 13.5 Å². The molecule has 100 valence electrons. The van der Waals surface area contributed by atoms with Crippen LogP contribution in [0.3, 0.4) is 0 Å². The predicted molar refractivity (Wildman–Crippen MR) is 65.6 cm³/mol. The Hall–Kier alpha value is -0.760. The third-order valence-electron chi connectivity index (χ3n) is 3.06. The van der Waals surface area contributed by atoms with E-state index < -0.39 is 16.1 Å². The molecule has 2 atom stereocenters. The summed E-state index contributed by atoms with van der Waals surface area (Å²) in [5.41, 5.74) is 0. The number of aliphatic hydroxyl groups excluding tert-OH is 1. The average molecular weight is 292 g/mol. The molecule has 1 aliphatic heterocycles. The molecule has 2 heterocycles. The first kappa shape index (κ1) is 13.7. The van der Waals surface area contributed by atoms with E-state index in [2.05, 4.69) is 9.97 Å². The molecule has 0 aliphatic carbocycles. The van der Waals surface area contributed by atoms with Crippen LogP contribution in [0.4, 0.5) is 0 Å². The standard InChI is InChI=1S/C10H14ClN3O3S/c1-7-6-14(3-2-9(7)15)18(16,17)8-4-12-10(11)13-5-8/h4-5,7,9,15H,2-3,6H2,1H3. The lowest BCUT2D eigenvalue weighted by molar-refractivity contribution is 0.0628. The number of hydrogen-bond donors (Lipinski definition) is 1. The molecule has 0 saturated carbocycles. The van der Waals surface area contributed by atoms with Gasteiger partial charge in [-0.2, -0.15) is 4.31 Å². The second-order valence-electron chi connectivity index (χ2n) is 4.38. The lowest BCUT2D eigenvalue weighted by Gasteiger charge is -2.33. The van der Waals surface area contributed by atoms with Crippen LogP contribution in [0.5, 0.6) is 0 Å². The van der Waals surface area contributed by atoms with E-state index >= 15 is 0 Å². The zero-order valence-electron chi connectivity index (χ0n) is 9.82. The molecule has 1 N–H and O–H groups in total. The first-order valence-corrected chi connectivity index (χ1v) is 7.39. The molecule has 0 amide bonds. The van der Waals surface area contributed by atoms with E-state index in [-0.39, 0.29) is 16.1 Å². The highest BCUT2D eigenvalue weighted by Crippen LogP contribution is 2.23. The van der Waals surface area contributed by atoms with Crippen molar-refractivity contribution in [3.8, 4) is 0 Å². The molecular formula is C10H14ClN3O3S. The maximum absolute atomic E-state index is 12.3. The minimum absolute atomic E-state index is 0.0105. The minimum atomic E-state index is -3.60. The Kier molecular flexibility index (Phi) is 3.86. The topological polar surface area (TPSA) is 83.4 Å². The largest absolute Gasteiger partial charge is 0.393 e. The highest BCUT2D eigenvalue weighted by molar-refractivity contribution is 7.89. The summed E-state index contributed by atoms with van der Waals surface area (Å²) in [5.74, 6) is -0.0817. The van der Waals surface area contributed by atoms with Crippen molar-refractivity contribution in [1.82, 2.24) is 14.3 Å². The number of piperidine rings is 1. The van der Waals surface area contributed by atoms with Crippen molar-refractivity contribution in [2.24, 2.45) is 5.92 Å². The molecular weight excluding hydrogens is 278 g/mol. The van der Waals surface area contributed by atoms with Crippen LogP contribution in [0.2, 0.25) is 5.28 Å². The summed E-state index contributed by atoms with van der Waals surface area (Å²) in [6.07, 6.45) is 2.38. The van der Waals surface area contributed by atoms with Crippen molar-refractivity contribution in [2.75, 3.05) is 13.1 Å². The molecule has 6 nitrogen and oxygen atoms in total. The van der Waals surface area contributed by atoms with E-state index in [0.717, 1.165) is 0 Å². The van der Waals surface area contributed by atoms with Crippen LogP contribution in [0.1, 0.15) is 13.3 Å². The van der Waals surface area contributed by atoms with Gasteiger partial charge in [-0.25, -0.2) is 18.4 Å². The first-order chi connectivity index (χ1) is 8.41. The molecule has 2 unspecified atom stereocenters. The van der Waals surface area contributed by atoms with Crippen LogP contribution in [0, 0.1) is 5.92 Å². The fraction of sp³-hybridized carbons (Fsp3) is 0.600. The van der Waals surface area contributed by atoms with E-state index in [0.29, 0.717) is 19.5 Å². The van der Waals surface area contributed by atoms with Gasteiger partial charge in [0, 0.05) is 13.1 Å². The summed E-state index contributed by atoms with van der Waals surface area (Å²) in [6.45, 7) is 2.42. The first-order valence-electron chi connectivity index (χ1n) is 5.57. The van der Waals surface area contributed by atoms with E-state index in [1.54, 1.807) is 0 Å². The van der Waals surface area contributed by atoms with Gasteiger partial charge in [0.25, 0.3) is 0 Å². The molecule has 0 aromatic carbocycles. The highest BCUT2D eigenvalue weighted by atomic mass is 35.5. The number of rotatable bonds is 2. The molecule has 1 aliphatic rings. The number of aliphatic hydroxyl groups is 1. The maximum Gasteiger partial charge on any atom is 0.246 e. The van der Waals surface area contributed by atoms with E-state index in [4.69, 9.17) is 11.6 Å². The lowest BCUT2D eigenvalue weighted by Crippen LogP contribution is -2.44. The van der Waals surface area contributed by atoms with Gasteiger partial charge >= 0.3 is 0 Å². The van der Waals surface area contributed by atoms with Crippen LogP contribution in [0.15, 0.2) is 17.3 Å². The summed E-state index contributed by atoms with van der Waals surface area (Å²) in [4.78, 5) is 7.37. The van der Waals surface area contributed by atoms with Crippen molar-refractivity contribution in [3.63, 3.8) is 0 Å². The molecule has 2 rings (SSSR count). The van der Waals surface area contributed by atoms with Crippen LogP contribution in [-0.2, 0) is 10.0 Å². The van der Waals surface area contributed by atoms with Gasteiger partial charge in [0.15, 0.2) is 0 Å². The fourth-order valence-electron chi connectivity index (χ4n) is 1.90. The smallest absolute Gasteiger partial charge is 0.246 e. The number of sulfonamides is 1. The van der Waals surface area contributed by atoms with Gasteiger partial charge in [0.2, 0.25) is 15.3 Å². The monoisotopic (exact) mass is 291 g/mol. The van der Waals surface area contributed by atoms with Crippen molar-refractivity contribution >= 4 is 21.6 Å². The Morgan fingerprint density at radius 2 is 2.06 bits per heavy atom. The summed E-state index contributed by atoms with van der Waals surface area (Å²) < 4.78 is 25.9. The summed E-state index contributed by atoms with van der Waals surface area (Å²) in [5, 5.41) is 9.62. The average Bonchev–Trinajstić information content (AvgIpc) is 2.33. The van der Waals surface area contributed by atoms with Crippen molar-refractivity contribution in [3.05, 3.63) is 17.7 Å². The van der Waals surface area contributed by atoms with Crippen molar-refractivity contribution in [2.45, 2.75) is 24.3 Å². The van der Waals surface area contributed by atoms with E-state index in [1.807, 2.05) is 6.92 Å². The SMILES string of the molecule is CC1CN(S(=O)(=O)c2cnc(Cl)nc2)CCC1O. The third kappa shape index (κ3) is 2.64. The van der Waals surface area contributed by atoms with Crippen LogP contribution < -0.4 is 0 Å². The molecule has 1 saturated heterocycles. The van der Waals surface area contributed by atoms with Gasteiger partial charge in [-0.05, 0) is 23.9 Å². The quantitative estimate of drug-likeness (QED) is 0.803. The normalized spacial score (nSPS) is 26.2. The van der Waals surface area contributed by atoms with E-state index in [1.165, 1.54) is 16.7 Å². The van der Waals surface area contributed by atoms with Gasteiger partial charge in [0.1, 0.15) is 4.90 Å². The van der Waals surface area contributed by atoms with Crippen LogP contribution in [0.25, 0.3) is 0 Å². The molecule has 0 spiro atoms. The molecule has 18 heavy (non-hydrogen) atoms. The Morgan fingerprint density at radius 3 is 2.61 bits per heavy atom. The maximum atomic E-state index is 12.3. The Balaban J connectivity index is 2.24. The Morgan fingerprint density at radius 1 is 1.44 bits per heavy atom. The van der Waals surface area contributed by atoms with Crippen molar-refractivity contribution in [1.29, 1.82) is 0 Å². The van der Waals surface area contributed by atoms with Gasteiger partial charge in [-0.1, -0.05) is 6.92 Å². The van der Waals surface area contributed by atoms with Crippen molar-refractivity contribution < 1.29 is 13.5 Å². The number of halogens is 1. The Labute approximate surface area is 111 Å². The molecule has 1 fully saturated rings. The summed E-state index contributed by atoms with van der Waals surface area (Å²) in [7, 11) is -3.60. The predicted octanol–water partition coefficient (Wildman–Crippen LogP) is 0.521. The zero-order chi connectivity index (χ0) is 13.3. The summed E-state index contributed by atoms with van der Waals surface area (Å²) >= 11 is 5.53. The fourth-order valence-corrected chi connectivity index (χ4v) is 3.44. The molecule has 0 radical (unpaired) electrons. The minimum Gasteiger partial charge on any atom is -0.393 e. The number of hydrogen-bond acceptors (Lipinski definition) is 5. The van der Waals surface area contributed by atoms with Crippen LogP contribution >= 0.6 is 11.6 Å². The third-order valence-corrected chi connectivity index (χ3v) is 5.07. The summed E-state index contributed by atoms with van der Waals surface area (Å²) in [6, 6.07) is 0. The second-order valence-corrected chi connectivity index (χ2v) is 6.66. The van der Waals surface area contributed by atoms with Crippen LogP contribution in [-0.4, -0.2) is 47.0 Å². The molecule has 8 heteroatoms. The van der Waals surface area contributed by atoms with Gasteiger partial charge in [-0.3, -0.25) is 0 Å². The lowest BCUT2D eigenvalue weighted by atomic mass is 9.99. The molecule has 1 aromatic rings. The Bertz CT molecular complexity index is 520. The molecule has 0 bridgehead atoms. The molecule has 1 aromatic heterocycles. The zero-order valence-corrected chi connectivity index (χ0v) is 11.4. The highest BCUT2D eigenvalue weighted by Gasteiger charge is 2.32. The van der Waals surface area contributed by atoms with Gasteiger partial charge in [-0.15, -0.1) is 0 Å². The number of nitrogens with zero attached hydrogens (tertiary/aromatic N) is 3. The second kappa shape index (κ2) is 5.08. The van der Waals surface area contributed by atoms with Gasteiger partial charge in [0.05, 0.1) is 18.5 Å². The number of aromatic nitrogens is 2. The van der Waals surface area contributed by atoms with Gasteiger partial charge < -0.3 is 5.11 Å².